The van der Waals surface area contributed by atoms with E-state index in [-0.39, 0.29) is 19.1 Å². The predicted molar refractivity (Wildman–Crippen MR) is 80.2 cm³/mol. The van der Waals surface area contributed by atoms with Gasteiger partial charge < -0.3 is 19.8 Å². The number of amides is 1. The fourth-order valence-electron chi connectivity index (χ4n) is 1.85. The van der Waals surface area contributed by atoms with Crippen LogP contribution in [0.2, 0.25) is 0 Å². The molecule has 0 spiro atoms. The van der Waals surface area contributed by atoms with Crippen molar-refractivity contribution in [3.63, 3.8) is 0 Å². The molecule has 0 heterocycles. The van der Waals surface area contributed by atoms with Crippen molar-refractivity contribution >= 4 is 5.91 Å². The Morgan fingerprint density at radius 3 is 2.76 bits per heavy atom. The van der Waals surface area contributed by atoms with Gasteiger partial charge in [0.05, 0.1) is 25.4 Å². The molecule has 5 nitrogen and oxygen atoms in total. The summed E-state index contributed by atoms with van der Waals surface area (Å²) in [4.78, 5) is 13.7. The van der Waals surface area contributed by atoms with Crippen molar-refractivity contribution in [1.29, 1.82) is 0 Å². The molecule has 0 radical (unpaired) electrons. The molecule has 1 unspecified atom stereocenters. The Kier molecular flexibility index (Phi) is 6.73. The standard InChI is InChI=1S/C16H21NO4/c1-12(19)11-17(2)16(20)14-7-8-15(21-3)13(10-14)6-4-5-9-18/h7-8,10,12,18-19H,5,9,11H2,1-3H3. The Morgan fingerprint density at radius 2 is 2.19 bits per heavy atom. The Labute approximate surface area is 125 Å². The second-order valence-electron chi connectivity index (χ2n) is 4.73. The molecule has 0 aromatic heterocycles. The molecule has 2 N–H and O–H groups in total. The van der Waals surface area contributed by atoms with Crippen LogP contribution in [-0.2, 0) is 0 Å². The minimum atomic E-state index is -0.582. The van der Waals surface area contributed by atoms with Crippen molar-refractivity contribution in [2.45, 2.75) is 19.4 Å². The highest BCUT2D eigenvalue weighted by Crippen LogP contribution is 2.19. The lowest BCUT2D eigenvalue weighted by Crippen LogP contribution is -2.33. The Hall–Kier alpha value is -2.03. The first-order chi connectivity index (χ1) is 9.99. The van der Waals surface area contributed by atoms with Crippen LogP contribution in [0.1, 0.15) is 29.3 Å². The second-order valence-corrected chi connectivity index (χ2v) is 4.73. The summed E-state index contributed by atoms with van der Waals surface area (Å²) in [6.07, 6.45) is -0.218. The third-order valence-corrected chi connectivity index (χ3v) is 2.79. The smallest absolute Gasteiger partial charge is 0.253 e. The zero-order valence-electron chi connectivity index (χ0n) is 12.6. The molecule has 1 aromatic rings. The first kappa shape index (κ1) is 17.0. The van der Waals surface area contributed by atoms with Gasteiger partial charge in [0.15, 0.2) is 0 Å². The minimum Gasteiger partial charge on any atom is -0.495 e. The van der Waals surface area contributed by atoms with E-state index in [9.17, 15) is 9.90 Å². The molecule has 1 aromatic carbocycles. The third kappa shape index (κ3) is 5.10. The molecular formula is C16H21NO4. The van der Waals surface area contributed by atoms with Gasteiger partial charge in [-0.25, -0.2) is 0 Å². The number of likely N-dealkylation sites (N-methyl/N-ethyl adjacent to an activating group) is 1. The number of methoxy groups -OCH3 is 1. The maximum absolute atomic E-state index is 12.2. The zero-order chi connectivity index (χ0) is 15.8. The van der Waals surface area contributed by atoms with Gasteiger partial charge in [0.2, 0.25) is 0 Å². The quantitative estimate of drug-likeness (QED) is 0.790. The summed E-state index contributed by atoms with van der Waals surface area (Å²) in [7, 11) is 3.17. The topological polar surface area (TPSA) is 70.0 Å². The van der Waals surface area contributed by atoms with E-state index in [0.29, 0.717) is 23.3 Å². The first-order valence-electron chi connectivity index (χ1n) is 6.71. The van der Waals surface area contributed by atoms with E-state index in [2.05, 4.69) is 11.8 Å². The van der Waals surface area contributed by atoms with Crippen LogP contribution in [-0.4, -0.2) is 54.4 Å². The van der Waals surface area contributed by atoms with Crippen molar-refractivity contribution in [1.82, 2.24) is 4.90 Å². The highest BCUT2D eigenvalue weighted by atomic mass is 16.5. The van der Waals surface area contributed by atoms with Gasteiger partial charge >= 0.3 is 0 Å². The van der Waals surface area contributed by atoms with Gasteiger partial charge in [-0.15, -0.1) is 0 Å². The normalized spacial score (nSPS) is 11.3. The number of aliphatic hydroxyl groups excluding tert-OH is 2. The molecule has 0 bridgehead atoms. The average Bonchev–Trinajstić information content (AvgIpc) is 2.46. The number of hydrogen-bond acceptors (Lipinski definition) is 4. The molecule has 1 amide bonds. The average molecular weight is 291 g/mol. The van der Waals surface area contributed by atoms with Crippen LogP contribution in [0.3, 0.4) is 0 Å². The minimum absolute atomic E-state index is 0.00887. The van der Waals surface area contributed by atoms with Gasteiger partial charge in [0.25, 0.3) is 5.91 Å². The maximum atomic E-state index is 12.2. The Bertz CT molecular complexity index is 543. The largest absolute Gasteiger partial charge is 0.495 e. The van der Waals surface area contributed by atoms with Crippen LogP contribution >= 0.6 is 0 Å². The number of carbonyl (C=O) groups excluding carboxylic acids is 1. The summed E-state index contributed by atoms with van der Waals surface area (Å²) in [5.74, 6) is 6.08. The second kappa shape index (κ2) is 8.30. The summed E-state index contributed by atoms with van der Waals surface area (Å²) < 4.78 is 5.21. The van der Waals surface area contributed by atoms with Gasteiger partial charge in [-0.05, 0) is 25.1 Å². The number of benzene rings is 1. The number of carbonyl (C=O) groups is 1. The number of rotatable bonds is 5. The van der Waals surface area contributed by atoms with Crippen LogP contribution in [0.15, 0.2) is 18.2 Å². The molecule has 0 saturated heterocycles. The number of ether oxygens (including phenoxy) is 1. The van der Waals surface area contributed by atoms with Crippen molar-refractivity contribution in [3.05, 3.63) is 29.3 Å². The van der Waals surface area contributed by atoms with E-state index in [1.54, 1.807) is 32.2 Å². The number of nitrogens with zero attached hydrogens (tertiary/aromatic N) is 1. The van der Waals surface area contributed by atoms with E-state index < -0.39 is 6.10 Å². The van der Waals surface area contributed by atoms with Crippen LogP contribution in [0, 0.1) is 11.8 Å². The Balaban J connectivity index is 3.02. The Morgan fingerprint density at radius 1 is 1.48 bits per heavy atom. The van der Waals surface area contributed by atoms with Crippen molar-refractivity contribution in [2.75, 3.05) is 27.3 Å². The van der Waals surface area contributed by atoms with Crippen LogP contribution in [0.25, 0.3) is 0 Å². The predicted octanol–water partition coefficient (Wildman–Crippen LogP) is 0.882. The monoisotopic (exact) mass is 291 g/mol. The zero-order valence-corrected chi connectivity index (χ0v) is 12.6. The molecule has 0 aliphatic carbocycles. The van der Waals surface area contributed by atoms with Crippen LogP contribution in [0.4, 0.5) is 0 Å². The van der Waals surface area contributed by atoms with Gasteiger partial charge in [-0.2, -0.15) is 0 Å². The molecule has 0 saturated carbocycles. The number of hydrogen-bond donors (Lipinski definition) is 2. The summed E-state index contributed by atoms with van der Waals surface area (Å²) >= 11 is 0. The van der Waals surface area contributed by atoms with Gasteiger partial charge in [0.1, 0.15) is 5.75 Å². The molecule has 0 aliphatic rings. The van der Waals surface area contributed by atoms with E-state index >= 15 is 0 Å². The molecule has 1 atom stereocenters. The van der Waals surface area contributed by atoms with Crippen molar-refractivity contribution in [2.24, 2.45) is 0 Å². The summed E-state index contributed by atoms with van der Waals surface area (Å²) in [5.41, 5.74) is 1.08. The summed E-state index contributed by atoms with van der Waals surface area (Å²) in [6, 6.07) is 5.01. The lowest BCUT2D eigenvalue weighted by atomic mass is 10.1. The molecule has 21 heavy (non-hydrogen) atoms. The molecule has 1 rings (SSSR count). The van der Waals surface area contributed by atoms with Gasteiger partial charge in [0, 0.05) is 25.6 Å². The fourth-order valence-corrected chi connectivity index (χ4v) is 1.85. The molecule has 0 fully saturated rings. The van der Waals surface area contributed by atoms with E-state index in [1.807, 2.05) is 0 Å². The summed E-state index contributed by atoms with van der Waals surface area (Å²) in [6.45, 7) is 1.88. The van der Waals surface area contributed by atoms with Crippen molar-refractivity contribution in [3.8, 4) is 17.6 Å². The summed E-state index contributed by atoms with van der Waals surface area (Å²) in [5, 5.41) is 18.1. The van der Waals surface area contributed by atoms with E-state index in [4.69, 9.17) is 9.84 Å². The highest BCUT2D eigenvalue weighted by Gasteiger charge is 2.15. The maximum Gasteiger partial charge on any atom is 0.253 e. The molecular weight excluding hydrogens is 270 g/mol. The van der Waals surface area contributed by atoms with Crippen LogP contribution < -0.4 is 4.74 Å². The van der Waals surface area contributed by atoms with Gasteiger partial charge in [-0.3, -0.25) is 4.79 Å². The molecule has 5 heteroatoms. The third-order valence-electron chi connectivity index (χ3n) is 2.79. The van der Waals surface area contributed by atoms with E-state index in [1.165, 1.54) is 12.0 Å². The van der Waals surface area contributed by atoms with E-state index in [0.717, 1.165) is 0 Å². The van der Waals surface area contributed by atoms with Gasteiger partial charge in [-0.1, -0.05) is 11.8 Å². The lowest BCUT2D eigenvalue weighted by molar-refractivity contribution is 0.0703. The first-order valence-corrected chi connectivity index (χ1v) is 6.71. The SMILES string of the molecule is COc1ccc(C(=O)N(C)CC(C)O)cc1C#CCCO. The number of aliphatic hydroxyl groups is 2. The lowest BCUT2D eigenvalue weighted by Gasteiger charge is -2.19. The highest BCUT2D eigenvalue weighted by molar-refractivity contribution is 5.94. The van der Waals surface area contributed by atoms with Crippen molar-refractivity contribution < 1.29 is 19.7 Å². The molecule has 0 aliphatic heterocycles. The fraction of sp³-hybridized carbons (Fsp3) is 0.438. The van der Waals surface area contributed by atoms with Crippen LogP contribution in [0.5, 0.6) is 5.75 Å². The molecule has 114 valence electrons.